The van der Waals surface area contributed by atoms with E-state index in [9.17, 15) is 19.7 Å². The number of nitrogens with one attached hydrogen (secondary N) is 1. The van der Waals surface area contributed by atoms with Gasteiger partial charge in [0, 0.05) is 12.0 Å². The van der Waals surface area contributed by atoms with Crippen molar-refractivity contribution in [3.8, 4) is 0 Å². The van der Waals surface area contributed by atoms with E-state index < -0.39 is 22.7 Å². The van der Waals surface area contributed by atoms with Gasteiger partial charge in [-0.3, -0.25) is 19.7 Å². The lowest BCUT2D eigenvalue weighted by molar-refractivity contribution is -0.383. The van der Waals surface area contributed by atoms with E-state index in [4.69, 9.17) is 5.11 Å². The van der Waals surface area contributed by atoms with Gasteiger partial charge in [0.2, 0.25) is 5.91 Å². The van der Waals surface area contributed by atoms with Gasteiger partial charge in [-0.2, -0.15) is 0 Å². The number of nitrogens with zero attached hydrogens (tertiary/aromatic N) is 1. The molecule has 1 aliphatic carbocycles. The fourth-order valence-corrected chi connectivity index (χ4v) is 2.59. The van der Waals surface area contributed by atoms with Crippen LogP contribution in [0.2, 0.25) is 0 Å². The molecule has 1 aliphatic rings. The summed E-state index contributed by atoms with van der Waals surface area (Å²) in [6.07, 6.45) is 1.23. The molecule has 1 aromatic carbocycles. The summed E-state index contributed by atoms with van der Waals surface area (Å²) in [5, 5.41) is 22.4. The van der Waals surface area contributed by atoms with E-state index in [0.717, 1.165) is 5.56 Å². The molecule has 112 valence electrons. The second-order valence-corrected chi connectivity index (χ2v) is 5.31. The highest BCUT2D eigenvalue weighted by atomic mass is 16.6. The third kappa shape index (κ3) is 3.36. The van der Waals surface area contributed by atoms with Crippen molar-refractivity contribution in [2.45, 2.75) is 26.2 Å². The topological polar surface area (TPSA) is 110 Å². The average molecular weight is 292 g/mol. The van der Waals surface area contributed by atoms with Crippen LogP contribution in [0.1, 0.15) is 24.8 Å². The molecule has 0 heterocycles. The van der Waals surface area contributed by atoms with Crippen LogP contribution < -0.4 is 5.32 Å². The van der Waals surface area contributed by atoms with Gasteiger partial charge in [-0.25, -0.2) is 0 Å². The Labute approximate surface area is 121 Å². The van der Waals surface area contributed by atoms with Crippen LogP contribution in [0.15, 0.2) is 18.2 Å². The first kappa shape index (κ1) is 15.0. The fraction of sp³-hybridized carbons (Fsp3) is 0.429. The molecule has 0 saturated heterocycles. The molecule has 0 bridgehead atoms. The molecule has 0 aliphatic heterocycles. The number of hydrogen-bond acceptors (Lipinski definition) is 4. The number of nitro groups is 1. The van der Waals surface area contributed by atoms with Crippen molar-refractivity contribution in [1.82, 2.24) is 0 Å². The number of nitro benzene ring substituents is 1. The molecule has 0 spiro atoms. The molecule has 1 aromatic rings. The van der Waals surface area contributed by atoms with Crippen LogP contribution >= 0.6 is 0 Å². The first-order valence-electron chi connectivity index (χ1n) is 6.67. The van der Waals surface area contributed by atoms with E-state index in [2.05, 4.69) is 5.32 Å². The number of carboxylic acid groups (broad SMARTS) is 1. The van der Waals surface area contributed by atoms with E-state index >= 15 is 0 Å². The Morgan fingerprint density at radius 1 is 1.33 bits per heavy atom. The first-order valence-corrected chi connectivity index (χ1v) is 6.67. The maximum absolute atomic E-state index is 12.1. The lowest BCUT2D eigenvalue weighted by Gasteiger charge is -2.11. The largest absolute Gasteiger partial charge is 0.481 e. The standard InChI is InChI=1S/C14H16N2O5/c1-8-2-5-12(16(20)21)11(6-8)15-13(17)9-3-4-10(7-9)14(18)19/h2,5-6,9-10H,3-4,7H2,1H3,(H,15,17)(H,18,19)/t9-,10+/m1/s1. The van der Waals surface area contributed by atoms with Crippen molar-refractivity contribution in [1.29, 1.82) is 0 Å². The molecule has 7 nitrogen and oxygen atoms in total. The minimum atomic E-state index is -0.896. The Bertz CT molecular complexity index is 599. The third-order valence-electron chi connectivity index (χ3n) is 3.76. The lowest BCUT2D eigenvalue weighted by Crippen LogP contribution is -2.22. The van der Waals surface area contributed by atoms with Crippen molar-refractivity contribution in [2.24, 2.45) is 11.8 Å². The number of amides is 1. The molecule has 0 radical (unpaired) electrons. The number of anilines is 1. The Kier molecular flexibility index (Phi) is 4.21. The summed E-state index contributed by atoms with van der Waals surface area (Å²) in [5.74, 6) is -2.17. The number of carbonyl (C=O) groups is 2. The molecular weight excluding hydrogens is 276 g/mol. The molecule has 0 aromatic heterocycles. The predicted molar refractivity (Wildman–Crippen MR) is 74.9 cm³/mol. The van der Waals surface area contributed by atoms with Gasteiger partial charge in [-0.15, -0.1) is 0 Å². The number of hydrogen-bond donors (Lipinski definition) is 2. The SMILES string of the molecule is Cc1ccc([N+](=O)[O-])c(NC(=O)[C@@H]2CC[C@H](C(=O)O)C2)c1. The molecular formula is C14H16N2O5. The van der Waals surface area contributed by atoms with E-state index in [1.54, 1.807) is 19.1 Å². The summed E-state index contributed by atoms with van der Waals surface area (Å²) < 4.78 is 0. The van der Waals surface area contributed by atoms with Crippen LogP contribution in [0, 0.1) is 28.9 Å². The van der Waals surface area contributed by atoms with Crippen molar-refractivity contribution < 1.29 is 19.6 Å². The van der Waals surface area contributed by atoms with E-state index in [-0.39, 0.29) is 23.7 Å². The molecule has 2 N–H and O–H groups in total. The third-order valence-corrected chi connectivity index (χ3v) is 3.76. The second kappa shape index (κ2) is 5.90. The normalized spacial score (nSPS) is 21.0. The highest BCUT2D eigenvalue weighted by molar-refractivity contribution is 5.95. The molecule has 7 heteroatoms. The van der Waals surface area contributed by atoms with Gasteiger partial charge in [-0.05, 0) is 37.8 Å². The zero-order valence-electron chi connectivity index (χ0n) is 11.5. The predicted octanol–water partition coefficient (Wildman–Crippen LogP) is 2.34. The first-order chi connectivity index (χ1) is 9.88. The van der Waals surface area contributed by atoms with Gasteiger partial charge in [0.05, 0.1) is 10.8 Å². The van der Waals surface area contributed by atoms with Gasteiger partial charge in [0.25, 0.3) is 5.69 Å². The van der Waals surface area contributed by atoms with Crippen molar-refractivity contribution in [2.75, 3.05) is 5.32 Å². The molecule has 1 fully saturated rings. The second-order valence-electron chi connectivity index (χ2n) is 5.31. The summed E-state index contributed by atoms with van der Waals surface area (Å²) in [5.41, 5.74) is 0.788. The number of carbonyl (C=O) groups excluding carboxylic acids is 1. The monoisotopic (exact) mass is 292 g/mol. The van der Waals surface area contributed by atoms with Gasteiger partial charge >= 0.3 is 5.97 Å². The van der Waals surface area contributed by atoms with Crippen LogP contribution in [0.5, 0.6) is 0 Å². The van der Waals surface area contributed by atoms with Gasteiger partial charge in [0.1, 0.15) is 5.69 Å². The van der Waals surface area contributed by atoms with Crippen LogP contribution in [-0.4, -0.2) is 21.9 Å². The zero-order valence-corrected chi connectivity index (χ0v) is 11.5. The Morgan fingerprint density at radius 2 is 2.00 bits per heavy atom. The van der Waals surface area contributed by atoms with Crippen LogP contribution in [0.4, 0.5) is 11.4 Å². The van der Waals surface area contributed by atoms with Crippen molar-refractivity contribution >= 4 is 23.3 Å². The summed E-state index contributed by atoms with van der Waals surface area (Å²) in [4.78, 5) is 33.4. The highest BCUT2D eigenvalue weighted by Crippen LogP contribution is 2.33. The van der Waals surface area contributed by atoms with E-state index in [1.807, 2.05) is 0 Å². The number of aryl methyl sites for hydroxylation is 1. The van der Waals surface area contributed by atoms with Crippen LogP contribution in [-0.2, 0) is 9.59 Å². The minimum absolute atomic E-state index is 0.156. The smallest absolute Gasteiger partial charge is 0.306 e. The summed E-state index contributed by atoms with van der Waals surface area (Å²) >= 11 is 0. The molecule has 21 heavy (non-hydrogen) atoms. The maximum atomic E-state index is 12.1. The average Bonchev–Trinajstić information content (AvgIpc) is 2.88. The molecule has 2 atom stereocenters. The summed E-state index contributed by atoms with van der Waals surface area (Å²) in [7, 11) is 0. The Morgan fingerprint density at radius 3 is 2.57 bits per heavy atom. The van der Waals surface area contributed by atoms with Crippen LogP contribution in [0.25, 0.3) is 0 Å². The van der Waals surface area contributed by atoms with Crippen molar-refractivity contribution in [3.05, 3.63) is 33.9 Å². The highest BCUT2D eigenvalue weighted by Gasteiger charge is 2.34. The van der Waals surface area contributed by atoms with Crippen LogP contribution in [0.3, 0.4) is 0 Å². The number of benzene rings is 1. The van der Waals surface area contributed by atoms with Gasteiger partial charge < -0.3 is 10.4 Å². The quantitative estimate of drug-likeness (QED) is 0.653. The van der Waals surface area contributed by atoms with E-state index in [0.29, 0.717) is 12.8 Å². The maximum Gasteiger partial charge on any atom is 0.306 e. The molecule has 1 amide bonds. The van der Waals surface area contributed by atoms with Gasteiger partial charge in [-0.1, -0.05) is 6.07 Å². The summed E-state index contributed by atoms with van der Waals surface area (Å²) in [6, 6.07) is 4.49. The Hall–Kier alpha value is -2.44. The van der Waals surface area contributed by atoms with Crippen molar-refractivity contribution in [3.63, 3.8) is 0 Å². The Balaban J connectivity index is 2.12. The number of carboxylic acids is 1. The number of aliphatic carboxylic acids is 1. The summed E-state index contributed by atoms with van der Waals surface area (Å²) in [6.45, 7) is 1.77. The lowest BCUT2D eigenvalue weighted by atomic mass is 10.0. The molecule has 2 rings (SSSR count). The van der Waals surface area contributed by atoms with Gasteiger partial charge in [0.15, 0.2) is 0 Å². The zero-order chi connectivity index (χ0) is 15.6. The molecule has 1 saturated carbocycles. The fourth-order valence-electron chi connectivity index (χ4n) is 2.59. The minimum Gasteiger partial charge on any atom is -0.481 e. The molecule has 0 unspecified atom stereocenters. The van der Waals surface area contributed by atoms with E-state index in [1.165, 1.54) is 6.07 Å². The number of rotatable bonds is 4.